The zero-order chi connectivity index (χ0) is 12.3. The molecule has 0 aromatic heterocycles. The number of hydrogen-bond acceptors (Lipinski definition) is 2. The molecule has 2 rings (SSSR count). The average molecular weight is 252 g/mol. The van der Waals surface area contributed by atoms with Gasteiger partial charge in [0.25, 0.3) is 0 Å². The molecule has 1 aliphatic rings. The van der Waals surface area contributed by atoms with Crippen LogP contribution in [-0.2, 0) is 6.54 Å². The minimum atomic E-state index is -0.333. The predicted octanol–water partition coefficient (Wildman–Crippen LogP) is 2.45. The quantitative estimate of drug-likeness (QED) is 0.838. The van der Waals surface area contributed by atoms with Crippen LogP contribution in [0.5, 0.6) is 0 Å². The van der Waals surface area contributed by atoms with Crippen molar-refractivity contribution < 1.29 is 4.39 Å². The normalized spacial score (nSPS) is 17.0. The number of nitrogens with two attached hydrogens (primary N) is 1. The van der Waals surface area contributed by atoms with Gasteiger partial charge in [-0.05, 0) is 43.6 Å². The first-order chi connectivity index (χ1) is 8.16. The lowest BCUT2D eigenvalue weighted by Crippen LogP contribution is -2.29. The Morgan fingerprint density at radius 3 is 2.65 bits per heavy atom. The number of likely N-dealkylation sites (tertiary alicyclic amines) is 1. The molecule has 0 spiro atoms. The largest absolute Gasteiger partial charge is 0.389 e. The van der Waals surface area contributed by atoms with Crippen molar-refractivity contribution in [3.63, 3.8) is 0 Å². The van der Waals surface area contributed by atoms with Crippen LogP contribution in [0.25, 0.3) is 0 Å². The first-order valence-electron chi connectivity index (χ1n) is 5.97. The number of nitrogens with zero attached hydrogens (tertiary/aromatic N) is 1. The van der Waals surface area contributed by atoms with Gasteiger partial charge in [-0.1, -0.05) is 24.7 Å². The molecule has 0 aliphatic carbocycles. The number of hydrogen-bond donors (Lipinski definition) is 1. The van der Waals surface area contributed by atoms with Crippen LogP contribution in [0.3, 0.4) is 0 Å². The molecule has 4 heteroatoms. The Morgan fingerprint density at radius 2 is 2.00 bits per heavy atom. The zero-order valence-corrected chi connectivity index (χ0v) is 10.6. The Kier molecular flexibility index (Phi) is 4.07. The van der Waals surface area contributed by atoms with Gasteiger partial charge >= 0.3 is 0 Å². The summed E-state index contributed by atoms with van der Waals surface area (Å²) in [6.07, 6.45) is 3.82. The second-order valence-electron chi connectivity index (χ2n) is 4.52. The van der Waals surface area contributed by atoms with E-state index < -0.39 is 0 Å². The summed E-state index contributed by atoms with van der Waals surface area (Å²) in [5, 5.41) is 0. The van der Waals surface area contributed by atoms with Crippen molar-refractivity contribution in [1.29, 1.82) is 0 Å². The van der Waals surface area contributed by atoms with Gasteiger partial charge in [-0.3, -0.25) is 4.90 Å². The van der Waals surface area contributed by atoms with Crippen LogP contribution >= 0.6 is 12.2 Å². The molecule has 17 heavy (non-hydrogen) atoms. The van der Waals surface area contributed by atoms with Crippen LogP contribution in [0.1, 0.15) is 30.4 Å². The molecule has 1 heterocycles. The van der Waals surface area contributed by atoms with Gasteiger partial charge in [-0.25, -0.2) is 4.39 Å². The van der Waals surface area contributed by atoms with Crippen molar-refractivity contribution in [3.05, 3.63) is 35.1 Å². The molecule has 1 fully saturated rings. The highest BCUT2D eigenvalue weighted by Gasteiger charge is 2.12. The summed E-state index contributed by atoms with van der Waals surface area (Å²) in [6, 6.07) is 5.03. The van der Waals surface area contributed by atoms with E-state index in [0.717, 1.165) is 25.2 Å². The van der Waals surface area contributed by atoms with Crippen molar-refractivity contribution >= 4 is 17.2 Å². The highest BCUT2D eigenvalue weighted by Crippen LogP contribution is 2.15. The molecule has 0 radical (unpaired) electrons. The molecular weight excluding hydrogens is 235 g/mol. The molecule has 1 aromatic rings. The molecule has 2 nitrogen and oxygen atoms in total. The van der Waals surface area contributed by atoms with Gasteiger partial charge in [0.1, 0.15) is 10.8 Å². The van der Waals surface area contributed by atoms with Gasteiger partial charge in [0.2, 0.25) is 0 Å². The number of halogens is 1. The van der Waals surface area contributed by atoms with E-state index in [4.69, 9.17) is 18.0 Å². The third kappa shape index (κ3) is 3.23. The van der Waals surface area contributed by atoms with E-state index in [9.17, 15) is 4.39 Å². The lowest BCUT2D eigenvalue weighted by molar-refractivity contribution is 0.221. The molecule has 0 amide bonds. The smallest absolute Gasteiger partial charge is 0.133 e. The van der Waals surface area contributed by atoms with Gasteiger partial charge < -0.3 is 5.73 Å². The minimum absolute atomic E-state index is 0.128. The van der Waals surface area contributed by atoms with Crippen LogP contribution in [-0.4, -0.2) is 23.0 Å². The Hall–Kier alpha value is -1.00. The predicted molar refractivity (Wildman–Crippen MR) is 71.4 cm³/mol. The third-order valence-electron chi connectivity index (χ3n) is 3.15. The third-order valence-corrected chi connectivity index (χ3v) is 3.37. The number of benzene rings is 1. The van der Waals surface area contributed by atoms with Gasteiger partial charge in [0.15, 0.2) is 0 Å². The van der Waals surface area contributed by atoms with Crippen LogP contribution in [0.15, 0.2) is 18.2 Å². The molecule has 0 unspecified atom stereocenters. The second-order valence-corrected chi connectivity index (χ2v) is 4.96. The van der Waals surface area contributed by atoms with E-state index in [1.807, 2.05) is 6.07 Å². The molecule has 92 valence electrons. The molecular formula is C13H17FN2S. The number of rotatable bonds is 3. The first kappa shape index (κ1) is 12.5. The van der Waals surface area contributed by atoms with Crippen LogP contribution in [0.4, 0.5) is 4.39 Å². The lowest BCUT2D eigenvalue weighted by atomic mass is 10.1. The maximum atomic E-state index is 13.4. The van der Waals surface area contributed by atoms with Crippen LogP contribution in [0, 0.1) is 5.82 Å². The van der Waals surface area contributed by atoms with Gasteiger partial charge in [-0.15, -0.1) is 0 Å². The number of thiocarbonyl (C=S) groups is 1. The Bertz CT molecular complexity index is 414. The van der Waals surface area contributed by atoms with E-state index in [-0.39, 0.29) is 10.8 Å². The van der Waals surface area contributed by atoms with E-state index in [0.29, 0.717) is 5.56 Å². The Morgan fingerprint density at radius 1 is 1.29 bits per heavy atom. The fourth-order valence-corrected chi connectivity index (χ4v) is 2.39. The summed E-state index contributed by atoms with van der Waals surface area (Å²) >= 11 is 4.84. The molecule has 0 atom stereocenters. The van der Waals surface area contributed by atoms with Crippen LogP contribution in [0.2, 0.25) is 0 Å². The molecule has 0 saturated carbocycles. The fraction of sp³-hybridized carbons (Fsp3) is 0.462. The van der Waals surface area contributed by atoms with Crippen LogP contribution < -0.4 is 5.73 Å². The first-order valence-corrected chi connectivity index (χ1v) is 6.38. The maximum Gasteiger partial charge on any atom is 0.133 e. The summed E-state index contributed by atoms with van der Waals surface area (Å²) in [6.45, 7) is 3.11. The average Bonchev–Trinajstić information content (AvgIpc) is 2.32. The van der Waals surface area contributed by atoms with Gasteiger partial charge in [0.05, 0.1) is 0 Å². The maximum absolute atomic E-state index is 13.4. The SMILES string of the molecule is NC(=S)c1cc(CN2CCCCC2)ccc1F. The van der Waals surface area contributed by atoms with E-state index in [1.165, 1.54) is 25.3 Å². The van der Waals surface area contributed by atoms with E-state index in [2.05, 4.69) is 4.90 Å². The minimum Gasteiger partial charge on any atom is -0.389 e. The van der Waals surface area contributed by atoms with Gasteiger partial charge in [-0.2, -0.15) is 0 Å². The van der Waals surface area contributed by atoms with Crippen molar-refractivity contribution in [2.75, 3.05) is 13.1 Å². The van der Waals surface area contributed by atoms with E-state index in [1.54, 1.807) is 6.07 Å². The molecule has 1 aliphatic heterocycles. The van der Waals surface area contributed by atoms with Crippen molar-refractivity contribution in [2.24, 2.45) is 5.73 Å². The number of piperidine rings is 1. The van der Waals surface area contributed by atoms with Crippen molar-refractivity contribution in [2.45, 2.75) is 25.8 Å². The molecule has 1 aromatic carbocycles. The zero-order valence-electron chi connectivity index (χ0n) is 9.79. The molecule has 0 bridgehead atoms. The summed E-state index contributed by atoms with van der Waals surface area (Å²) in [5.74, 6) is -0.333. The second kappa shape index (κ2) is 5.56. The summed E-state index contributed by atoms with van der Waals surface area (Å²) in [5.41, 5.74) is 6.93. The standard InChI is InChI=1S/C13H17FN2S/c14-12-5-4-10(8-11(12)13(15)17)9-16-6-2-1-3-7-16/h4-5,8H,1-3,6-7,9H2,(H2,15,17). The molecule has 1 saturated heterocycles. The topological polar surface area (TPSA) is 29.3 Å². The summed E-state index contributed by atoms with van der Waals surface area (Å²) in [7, 11) is 0. The highest BCUT2D eigenvalue weighted by molar-refractivity contribution is 7.80. The van der Waals surface area contributed by atoms with Crippen molar-refractivity contribution in [3.8, 4) is 0 Å². The monoisotopic (exact) mass is 252 g/mol. The van der Waals surface area contributed by atoms with Crippen molar-refractivity contribution in [1.82, 2.24) is 4.90 Å². The Balaban J connectivity index is 2.10. The van der Waals surface area contributed by atoms with Gasteiger partial charge in [0, 0.05) is 12.1 Å². The highest BCUT2D eigenvalue weighted by atomic mass is 32.1. The van der Waals surface area contributed by atoms with E-state index >= 15 is 0 Å². The Labute approximate surface area is 107 Å². The fourth-order valence-electron chi connectivity index (χ4n) is 2.24. The molecule has 2 N–H and O–H groups in total. The summed E-state index contributed by atoms with van der Waals surface area (Å²) in [4.78, 5) is 2.52. The lowest BCUT2D eigenvalue weighted by Gasteiger charge is -2.26. The summed E-state index contributed by atoms with van der Waals surface area (Å²) < 4.78 is 13.4.